The van der Waals surface area contributed by atoms with Crippen LogP contribution in [0.4, 0.5) is 0 Å². The topological polar surface area (TPSA) is 51.2 Å². The molecule has 0 unspecified atom stereocenters. The van der Waals surface area contributed by atoms with Crippen molar-refractivity contribution in [2.24, 2.45) is 0 Å². The van der Waals surface area contributed by atoms with Crippen LogP contribution in [-0.2, 0) is 25.2 Å². The average molecular weight is 234 g/mol. The third-order valence-corrected chi connectivity index (χ3v) is 1.11. The molecule has 0 N–H and O–H groups in total. The molecule has 0 saturated carbocycles. The molecule has 76 valence electrons. The largest absolute Gasteiger partial charge is 0.214 e. The fraction of sp³-hybridized carbons (Fsp3) is 0. The first-order valence-corrected chi connectivity index (χ1v) is 5.12. The Morgan fingerprint density at radius 3 is 0.929 bits per heavy atom. The minimum Gasteiger partial charge on any atom is -0.214 e. The fourth-order valence-corrected chi connectivity index (χ4v) is 0.642. The van der Waals surface area contributed by atoms with Crippen LogP contribution in [0.3, 0.4) is 0 Å². The molecule has 0 spiro atoms. The van der Waals surface area contributed by atoms with Crippen LogP contribution in [0.1, 0.15) is 0 Å². The summed E-state index contributed by atoms with van der Waals surface area (Å²) in [6.07, 6.45) is 0. The Hall–Kier alpha value is -1.38. The van der Waals surface area contributed by atoms with Crippen LogP contribution in [-0.4, -0.2) is 0 Å². The summed E-state index contributed by atoms with van der Waals surface area (Å²) in [5.41, 5.74) is 0. The Morgan fingerprint density at radius 2 is 0.857 bits per heavy atom. The van der Waals surface area contributed by atoms with Crippen molar-refractivity contribution in [3.63, 3.8) is 0 Å². The molecule has 0 bridgehead atoms. The van der Waals surface area contributed by atoms with Gasteiger partial charge >= 0.3 is 25.2 Å². The number of hydrogen-bond acceptors (Lipinski definition) is 3. The molecule has 0 aromatic heterocycles. The Morgan fingerprint density at radius 1 is 0.643 bits per heavy atom. The molecule has 0 fully saturated rings. The smallest absolute Gasteiger partial charge is 0.172 e. The maximum absolute atomic E-state index is 8.50. The van der Waals surface area contributed by atoms with E-state index >= 15 is 0 Å². The van der Waals surface area contributed by atoms with E-state index < -0.39 is 13.7 Å². The van der Waals surface area contributed by atoms with Crippen LogP contribution >= 0.6 is 0 Å². The monoisotopic (exact) mass is 234 g/mol. The quantitative estimate of drug-likeness (QED) is 0.519. The van der Waals surface area contributed by atoms with Gasteiger partial charge in [0.2, 0.25) is 0 Å². The summed E-state index contributed by atoms with van der Waals surface area (Å²) >= 11 is -3.50. The summed E-state index contributed by atoms with van der Waals surface area (Å²) in [6.45, 7) is 0. The molecule has 2 aromatic carbocycles. The summed E-state index contributed by atoms with van der Waals surface area (Å²) in [4.78, 5) is 0. The molecule has 2 aromatic rings. The third-order valence-electron chi connectivity index (χ3n) is 1.11. The summed E-state index contributed by atoms with van der Waals surface area (Å²) < 4.78 is 25.5. The van der Waals surface area contributed by atoms with Crippen molar-refractivity contribution in [3.8, 4) is 0 Å². The number of rotatable bonds is 0. The molecule has 4 heteroatoms. The summed E-state index contributed by atoms with van der Waals surface area (Å²) in [6, 6.07) is 20.0. The zero-order valence-electron chi connectivity index (χ0n) is 7.35. The minimum absolute atomic E-state index is 2.00. The molecule has 0 amide bonds. The van der Waals surface area contributed by atoms with Crippen LogP contribution in [0.25, 0.3) is 0 Å². The van der Waals surface area contributed by atoms with Crippen LogP contribution in [0, 0.1) is 0 Å². The van der Waals surface area contributed by atoms with Crippen molar-refractivity contribution in [2.45, 2.75) is 0 Å². The standard InChI is InChI=1S/2C5H5.Fe.3O/c2*1-2-4-5-3-1;;;;/h2*1-5H;;;;/q2*-1;+2;;;. The maximum Gasteiger partial charge on any atom is -0.172 e. The normalized spacial score (nSPS) is 7.43. The second-order valence-corrected chi connectivity index (χ2v) is 2.65. The minimum atomic E-state index is -3.50. The van der Waals surface area contributed by atoms with E-state index in [4.69, 9.17) is 11.5 Å². The molecule has 0 heterocycles. The number of hydrogen-bond donors (Lipinski definition) is 0. The zero-order valence-corrected chi connectivity index (χ0v) is 8.46. The molecule has 0 radical (unpaired) electrons. The maximum atomic E-state index is 8.50. The molecular formula is C10H10FeO3. The Bertz CT molecular complexity index is 302. The molecule has 0 aliphatic heterocycles. The molecular weight excluding hydrogens is 224 g/mol. The second kappa shape index (κ2) is 9.71. The van der Waals surface area contributed by atoms with Crippen LogP contribution in [0.15, 0.2) is 60.7 Å². The Labute approximate surface area is 86.2 Å². The van der Waals surface area contributed by atoms with Crippen molar-refractivity contribution in [2.75, 3.05) is 0 Å². The van der Waals surface area contributed by atoms with E-state index in [1.807, 2.05) is 60.7 Å². The molecule has 0 saturated heterocycles. The van der Waals surface area contributed by atoms with Gasteiger partial charge in [-0.2, -0.15) is 36.4 Å². The van der Waals surface area contributed by atoms with Gasteiger partial charge in [-0.05, 0) is 0 Å². The fourth-order valence-electron chi connectivity index (χ4n) is 0.642. The van der Waals surface area contributed by atoms with E-state index in [1.54, 1.807) is 0 Å². The van der Waals surface area contributed by atoms with E-state index in [2.05, 4.69) is 0 Å². The van der Waals surface area contributed by atoms with Gasteiger partial charge in [-0.15, -0.1) is 0 Å². The van der Waals surface area contributed by atoms with Gasteiger partial charge in [0.15, 0.2) is 0 Å². The molecule has 0 aliphatic carbocycles. The van der Waals surface area contributed by atoms with Gasteiger partial charge in [0.25, 0.3) is 0 Å². The van der Waals surface area contributed by atoms with Crippen molar-refractivity contribution in [3.05, 3.63) is 60.7 Å². The first-order chi connectivity index (χ1) is 6.73. The van der Waals surface area contributed by atoms with Gasteiger partial charge in [0, 0.05) is 0 Å². The first-order valence-electron chi connectivity index (χ1n) is 3.77. The van der Waals surface area contributed by atoms with Crippen LogP contribution in [0.5, 0.6) is 0 Å². The predicted octanol–water partition coefficient (Wildman–Crippen LogP) is 2.45. The molecule has 0 aliphatic rings. The predicted molar refractivity (Wildman–Crippen MR) is 46.1 cm³/mol. The SMILES string of the molecule is [O]=[Fe+2](=[O])=[O].c1cc[cH-]c1.c1cc[cH-]c1. The van der Waals surface area contributed by atoms with Gasteiger partial charge in [0.1, 0.15) is 0 Å². The summed E-state index contributed by atoms with van der Waals surface area (Å²) in [7, 11) is 0. The molecule has 14 heavy (non-hydrogen) atoms. The third kappa shape index (κ3) is 13.2. The Balaban J connectivity index is 0.000000183. The summed E-state index contributed by atoms with van der Waals surface area (Å²) in [5.74, 6) is 0. The average Bonchev–Trinajstić information content (AvgIpc) is 2.83. The Kier molecular flexibility index (Phi) is 8.75. The molecule has 2 rings (SSSR count). The molecule has 0 atom stereocenters. The van der Waals surface area contributed by atoms with Crippen LogP contribution in [0.2, 0.25) is 0 Å². The zero-order chi connectivity index (χ0) is 10.6. The van der Waals surface area contributed by atoms with Crippen molar-refractivity contribution in [1.82, 2.24) is 0 Å². The van der Waals surface area contributed by atoms with E-state index in [-0.39, 0.29) is 0 Å². The van der Waals surface area contributed by atoms with E-state index in [1.165, 1.54) is 0 Å². The van der Waals surface area contributed by atoms with Gasteiger partial charge in [-0.1, -0.05) is 0 Å². The second-order valence-electron chi connectivity index (χ2n) is 2.10. The van der Waals surface area contributed by atoms with E-state index in [0.717, 1.165) is 0 Å². The van der Waals surface area contributed by atoms with Gasteiger partial charge in [0.05, 0.1) is 0 Å². The van der Waals surface area contributed by atoms with E-state index in [9.17, 15) is 0 Å². The van der Waals surface area contributed by atoms with Crippen molar-refractivity contribution < 1.29 is 25.2 Å². The van der Waals surface area contributed by atoms with Gasteiger partial charge < -0.3 is 0 Å². The van der Waals surface area contributed by atoms with E-state index in [0.29, 0.717) is 0 Å². The van der Waals surface area contributed by atoms with Gasteiger partial charge in [-0.25, -0.2) is 24.3 Å². The van der Waals surface area contributed by atoms with Gasteiger partial charge in [-0.3, -0.25) is 0 Å². The first kappa shape index (κ1) is 12.6. The van der Waals surface area contributed by atoms with Crippen LogP contribution < -0.4 is 0 Å². The molecule has 3 nitrogen and oxygen atoms in total. The van der Waals surface area contributed by atoms with Crippen molar-refractivity contribution >= 4 is 0 Å². The van der Waals surface area contributed by atoms with Crippen molar-refractivity contribution in [1.29, 1.82) is 0 Å². The summed E-state index contributed by atoms with van der Waals surface area (Å²) in [5, 5.41) is 0.